The van der Waals surface area contributed by atoms with Crippen molar-refractivity contribution in [3.63, 3.8) is 0 Å². The van der Waals surface area contributed by atoms with E-state index in [0.717, 1.165) is 27.8 Å². The summed E-state index contributed by atoms with van der Waals surface area (Å²) in [5.74, 6) is -0.625. The normalized spacial score (nSPS) is 11.2. The van der Waals surface area contributed by atoms with Crippen molar-refractivity contribution in [2.45, 2.75) is 19.0 Å². The summed E-state index contributed by atoms with van der Waals surface area (Å²) in [6.07, 6.45) is 0. The van der Waals surface area contributed by atoms with Crippen LogP contribution in [0.5, 0.6) is 0 Å². The van der Waals surface area contributed by atoms with Crippen LogP contribution in [-0.4, -0.2) is 49.0 Å². The maximum atomic E-state index is 12.3. The lowest BCUT2D eigenvalue weighted by Gasteiger charge is -2.01. The third-order valence-electron chi connectivity index (χ3n) is 4.32. The van der Waals surface area contributed by atoms with Gasteiger partial charge in [-0.2, -0.15) is 0 Å². The summed E-state index contributed by atoms with van der Waals surface area (Å²) >= 11 is 2.27. The number of esters is 1. The molecule has 1 N–H and O–H groups in total. The molecule has 4 aromatic rings. The summed E-state index contributed by atoms with van der Waals surface area (Å²) < 4.78 is 6.95. The van der Waals surface area contributed by atoms with Gasteiger partial charge in [0.25, 0.3) is 0 Å². The van der Waals surface area contributed by atoms with E-state index in [9.17, 15) is 9.59 Å². The molecule has 3 aromatic heterocycles. The maximum absolute atomic E-state index is 12.3. The monoisotopic (exact) mass is 442 g/mol. The van der Waals surface area contributed by atoms with Crippen LogP contribution in [0.15, 0.2) is 29.4 Å². The van der Waals surface area contributed by atoms with E-state index in [2.05, 4.69) is 25.5 Å². The topological polar surface area (TPSA) is 112 Å². The zero-order chi connectivity index (χ0) is 21.3. The first-order valence-electron chi connectivity index (χ1n) is 9.13. The zero-order valence-electron chi connectivity index (χ0n) is 16.5. The Morgan fingerprint density at radius 2 is 2.03 bits per heavy atom. The molecule has 9 nitrogen and oxygen atoms in total. The number of aryl methyl sites for hydroxylation is 2. The number of aromatic nitrogens is 5. The van der Waals surface area contributed by atoms with Crippen LogP contribution >= 0.6 is 23.1 Å². The van der Waals surface area contributed by atoms with E-state index in [-0.39, 0.29) is 18.3 Å². The predicted molar refractivity (Wildman–Crippen MR) is 116 cm³/mol. The summed E-state index contributed by atoms with van der Waals surface area (Å²) in [6.45, 7) is 3.72. The van der Waals surface area contributed by atoms with Gasteiger partial charge in [-0.05, 0) is 19.9 Å². The Morgan fingerprint density at radius 3 is 2.83 bits per heavy atom. The molecule has 0 spiro atoms. The zero-order valence-corrected chi connectivity index (χ0v) is 18.1. The third kappa shape index (κ3) is 3.85. The highest BCUT2D eigenvalue weighted by Crippen LogP contribution is 2.26. The number of anilines is 1. The number of carbonyl (C=O) groups is 2. The molecule has 11 heteroatoms. The van der Waals surface area contributed by atoms with Crippen LogP contribution in [0.1, 0.15) is 22.3 Å². The SMILES string of the molecule is CCOC(=O)c1sc(NC(=O)CSc2nnc3c4ccccc4n(C)c3n2)nc1C. The fraction of sp³-hybridized carbons (Fsp3) is 0.263. The Labute approximate surface area is 179 Å². The van der Waals surface area contributed by atoms with Crippen LogP contribution in [0.25, 0.3) is 22.1 Å². The second-order valence-corrected chi connectivity index (χ2v) is 8.28. The van der Waals surface area contributed by atoms with Crippen molar-refractivity contribution in [1.29, 1.82) is 0 Å². The van der Waals surface area contributed by atoms with Crippen molar-refractivity contribution in [3.05, 3.63) is 34.8 Å². The number of nitrogens with zero attached hydrogens (tertiary/aromatic N) is 5. The van der Waals surface area contributed by atoms with Gasteiger partial charge in [-0.15, -0.1) is 10.2 Å². The molecule has 30 heavy (non-hydrogen) atoms. The van der Waals surface area contributed by atoms with Crippen LogP contribution in [0.3, 0.4) is 0 Å². The number of para-hydroxylation sites is 1. The van der Waals surface area contributed by atoms with Gasteiger partial charge in [-0.25, -0.2) is 14.8 Å². The Bertz CT molecular complexity index is 1270. The first kappa shape index (κ1) is 20.2. The molecule has 0 saturated heterocycles. The average Bonchev–Trinajstić information content (AvgIpc) is 3.24. The van der Waals surface area contributed by atoms with E-state index < -0.39 is 5.97 Å². The Balaban J connectivity index is 1.45. The number of ether oxygens (including phenoxy) is 1. The molecule has 3 heterocycles. The highest BCUT2D eigenvalue weighted by molar-refractivity contribution is 7.99. The van der Waals surface area contributed by atoms with Crippen LogP contribution in [0, 0.1) is 6.92 Å². The highest BCUT2D eigenvalue weighted by Gasteiger charge is 2.18. The smallest absolute Gasteiger partial charge is 0.350 e. The highest BCUT2D eigenvalue weighted by atomic mass is 32.2. The van der Waals surface area contributed by atoms with Gasteiger partial charge in [-0.1, -0.05) is 41.3 Å². The van der Waals surface area contributed by atoms with Crippen LogP contribution in [-0.2, 0) is 16.6 Å². The fourth-order valence-corrected chi connectivity index (χ4v) is 4.43. The van der Waals surface area contributed by atoms with Gasteiger partial charge in [0.2, 0.25) is 11.1 Å². The molecule has 0 aliphatic rings. The minimum absolute atomic E-state index is 0.0878. The van der Waals surface area contributed by atoms with E-state index in [4.69, 9.17) is 4.74 Å². The lowest BCUT2D eigenvalue weighted by molar-refractivity contribution is -0.113. The second-order valence-electron chi connectivity index (χ2n) is 6.33. The number of nitrogens with one attached hydrogen (secondary N) is 1. The number of benzene rings is 1. The van der Waals surface area contributed by atoms with Crippen molar-refractivity contribution in [3.8, 4) is 0 Å². The van der Waals surface area contributed by atoms with Gasteiger partial charge in [0.15, 0.2) is 10.8 Å². The van der Waals surface area contributed by atoms with Crippen LogP contribution in [0.2, 0.25) is 0 Å². The molecule has 0 bridgehead atoms. The van der Waals surface area contributed by atoms with Gasteiger partial charge in [0.05, 0.1) is 23.6 Å². The van der Waals surface area contributed by atoms with Crippen LogP contribution < -0.4 is 5.32 Å². The number of rotatable bonds is 6. The van der Waals surface area contributed by atoms with Gasteiger partial charge < -0.3 is 14.6 Å². The van der Waals surface area contributed by atoms with Crippen molar-refractivity contribution in [2.75, 3.05) is 17.7 Å². The quantitative estimate of drug-likeness (QED) is 0.358. The molecular formula is C19H18N6O3S2. The molecule has 0 aliphatic carbocycles. The standard InChI is InChI=1S/C19H18N6O3S2/c1-4-28-17(27)15-10(2)20-18(30-15)21-13(26)9-29-19-22-16-14(23-24-19)11-7-5-6-8-12(11)25(16)3/h5-8H,4,9H2,1-3H3,(H,20,21,26). The summed E-state index contributed by atoms with van der Waals surface area (Å²) in [4.78, 5) is 33.3. The molecule has 4 rings (SSSR count). The number of thiazole rings is 1. The number of carbonyl (C=O) groups excluding carboxylic acids is 2. The van der Waals surface area contributed by atoms with Crippen molar-refractivity contribution >= 4 is 62.2 Å². The average molecular weight is 443 g/mol. The Kier molecular flexibility index (Phi) is 5.64. The van der Waals surface area contributed by atoms with Crippen LogP contribution in [0.4, 0.5) is 5.13 Å². The van der Waals surface area contributed by atoms with E-state index in [1.54, 1.807) is 13.8 Å². The number of thioether (sulfide) groups is 1. The van der Waals surface area contributed by atoms with Gasteiger partial charge >= 0.3 is 5.97 Å². The number of amides is 1. The van der Waals surface area contributed by atoms with E-state index >= 15 is 0 Å². The number of fused-ring (bicyclic) bond motifs is 3. The molecule has 0 unspecified atom stereocenters. The molecule has 1 amide bonds. The molecule has 0 aliphatic heterocycles. The molecule has 0 fully saturated rings. The van der Waals surface area contributed by atoms with E-state index in [1.807, 2.05) is 35.9 Å². The molecule has 0 saturated carbocycles. The Hall–Kier alpha value is -3.05. The summed E-state index contributed by atoms with van der Waals surface area (Å²) in [5, 5.41) is 12.9. The summed E-state index contributed by atoms with van der Waals surface area (Å²) in [6, 6.07) is 7.89. The summed E-state index contributed by atoms with van der Waals surface area (Å²) in [5.41, 5.74) is 2.98. The van der Waals surface area contributed by atoms with Crippen molar-refractivity contribution < 1.29 is 14.3 Å². The minimum atomic E-state index is -0.440. The first-order valence-corrected chi connectivity index (χ1v) is 10.9. The lowest BCUT2D eigenvalue weighted by atomic mass is 10.2. The number of hydrogen-bond acceptors (Lipinski definition) is 9. The molecule has 1 aromatic carbocycles. The van der Waals surface area contributed by atoms with Crippen molar-refractivity contribution in [2.24, 2.45) is 7.05 Å². The summed E-state index contributed by atoms with van der Waals surface area (Å²) in [7, 11) is 1.92. The minimum Gasteiger partial charge on any atom is -0.462 e. The molecule has 0 radical (unpaired) electrons. The van der Waals surface area contributed by atoms with E-state index in [1.165, 1.54) is 11.8 Å². The molecule has 0 atom stereocenters. The fourth-order valence-electron chi connectivity index (χ4n) is 2.97. The Morgan fingerprint density at radius 1 is 1.23 bits per heavy atom. The second kappa shape index (κ2) is 8.36. The molecule has 154 valence electrons. The predicted octanol–water partition coefficient (Wildman–Crippen LogP) is 3.19. The van der Waals surface area contributed by atoms with Gasteiger partial charge in [-0.3, -0.25) is 4.79 Å². The first-order chi connectivity index (χ1) is 14.5. The maximum Gasteiger partial charge on any atom is 0.350 e. The van der Waals surface area contributed by atoms with E-state index in [0.29, 0.717) is 26.5 Å². The largest absolute Gasteiger partial charge is 0.462 e. The molecular weight excluding hydrogens is 424 g/mol. The number of hydrogen-bond donors (Lipinski definition) is 1. The van der Waals surface area contributed by atoms with Gasteiger partial charge in [0.1, 0.15) is 10.4 Å². The lowest BCUT2D eigenvalue weighted by Crippen LogP contribution is -2.14. The van der Waals surface area contributed by atoms with Gasteiger partial charge in [0, 0.05) is 12.4 Å². The van der Waals surface area contributed by atoms with Crippen molar-refractivity contribution in [1.82, 2.24) is 24.7 Å². The third-order valence-corrected chi connectivity index (χ3v) is 6.21.